The fraction of sp³-hybridized carbons (Fsp3) is 0.333. The van der Waals surface area contributed by atoms with Gasteiger partial charge in [-0.3, -0.25) is 4.79 Å². The molecule has 1 rings (SSSR count). The summed E-state index contributed by atoms with van der Waals surface area (Å²) in [6.07, 6.45) is 0. The summed E-state index contributed by atoms with van der Waals surface area (Å²) >= 11 is 0. The van der Waals surface area contributed by atoms with Gasteiger partial charge in [-0.1, -0.05) is 0 Å². The van der Waals surface area contributed by atoms with Gasteiger partial charge in [-0.25, -0.2) is 4.79 Å². The molecular formula is C9H10O4. The van der Waals surface area contributed by atoms with Gasteiger partial charge in [0.25, 0.3) is 0 Å². The lowest BCUT2D eigenvalue weighted by atomic mass is 10.1. The summed E-state index contributed by atoms with van der Waals surface area (Å²) in [7, 11) is 0. The van der Waals surface area contributed by atoms with Crippen molar-refractivity contribution in [2.75, 3.05) is 0 Å². The van der Waals surface area contributed by atoms with E-state index in [1.165, 1.54) is 13.0 Å². The Balaban J connectivity index is 3.15. The molecule has 0 saturated heterocycles. The number of hydrogen-bond acceptors (Lipinski definition) is 3. The molecule has 1 unspecified atom stereocenters. The van der Waals surface area contributed by atoms with Crippen molar-refractivity contribution < 1.29 is 14.3 Å². The molecule has 1 aromatic rings. The molecule has 0 saturated carbocycles. The molecule has 0 radical (unpaired) electrons. The Labute approximate surface area is 74.8 Å². The van der Waals surface area contributed by atoms with Crippen molar-refractivity contribution in [1.82, 2.24) is 0 Å². The molecule has 13 heavy (non-hydrogen) atoms. The normalized spacial score (nSPS) is 12.5. The molecule has 0 aliphatic heterocycles. The number of carbonyl (C=O) groups is 1. The molecule has 0 amide bonds. The average Bonchev–Trinajstić information content (AvgIpc) is 2.01. The lowest BCUT2D eigenvalue weighted by Gasteiger charge is -2.04. The summed E-state index contributed by atoms with van der Waals surface area (Å²) in [5.41, 5.74) is 0.197. The third-order valence-electron chi connectivity index (χ3n) is 1.73. The minimum atomic E-state index is -1.01. The van der Waals surface area contributed by atoms with Crippen LogP contribution in [0.15, 0.2) is 21.3 Å². The van der Waals surface area contributed by atoms with E-state index in [4.69, 9.17) is 9.52 Å². The fourth-order valence-corrected chi connectivity index (χ4v) is 0.962. The third-order valence-corrected chi connectivity index (χ3v) is 1.73. The molecule has 1 aromatic heterocycles. The van der Waals surface area contributed by atoms with Crippen molar-refractivity contribution in [3.63, 3.8) is 0 Å². The van der Waals surface area contributed by atoms with Crippen LogP contribution in [0, 0.1) is 6.92 Å². The Kier molecular flexibility index (Phi) is 2.51. The lowest BCUT2D eigenvalue weighted by Crippen LogP contribution is -2.10. The molecular weight excluding hydrogens is 172 g/mol. The van der Waals surface area contributed by atoms with Gasteiger partial charge in [0.2, 0.25) is 0 Å². The standard InChI is InChI=1S/C9H10O4/c1-5-3-7(6(2)9(11)12)13-8(10)4-5/h3-4,6H,1-2H3,(H,11,12). The van der Waals surface area contributed by atoms with Crippen LogP contribution in [-0.4, -0.2) is 11.1 Å². The Morgan fingerprint density at radius 3 is 2.62 bits per heavy atom. The van der Waals surface area contributed by atoms with Crippen LogP contribution >= 0.6 is 0 Å². The molecule has 0 aliphatic carbocycles. The van der Waals surface area contributed by atoms with Crippen molar-refractivity contribution in [2.45, 2.75) is 19.8 Å². The summed E-state index contributed by atoms with van der Waals surface area (Å²) < 4.78 is 4.74. The summed E-state index contributed by atoms with van der Waals surface area (Å²) in [5, 5.41) is 8.66. The number of aliphatic carboxylic acids is 1. The van der Waals surface area contributed by atoms with Crippen molar-refractivity contribution in [3.8, 4) is 0 Å². The first-order valence-electron chi connectivity index (χ1n) is 3.85. The van der Waals surface area contributed by atoms with Crippen LogP contribution in [0.1, 0.15) is 24.2 Å². The Morgan fingerprint density at radius 2 is 2.15 bits per heavy atom. The zero-order valence-electron chi connectivity index (χ0n) is 7.40. The summed E-state index contributed by atoms with van der Waals surface area (Å²) in [6.45, 7) is 3.19. The van der Waals surface area contributed by atoms with Crippen LogP contribution in [0.4, 0.5) is 0 Å². The minimum absolute atomic E-state index is 0.192. The number of carboxylic acids is 1. The quantitative estimate of drug-likeness (QED) is 0.744. The summed E-state index contributed by atoms with van der Waals surface area (Å²) in [4.78, 5) is 21.4. The summed E-state index contributed by atoms with van der Waals surface area (Å²) in [5.74, 6) is -1.60. The molecule has 70 valence electrons. The number of aryl methyl sites for hydroxylation is 1. The highest BCUT2D eigenvalue weighted by Gasteiger charge is 2.16. The maximum atomic E-state index is 10.9. The van der Waals surface area contributed by atoms with Gasteiger partial charge in [-0.15, -0.1) is 0 Å². The highest BCUT2D eigenvalue weighted by molar-refractivity contribution is 5.74. The first kappa shape index (κ1) is 9.51. The molecule has 0 aromatic carbocycles. The topological polar surface area (TPSA) is 67.5 Å². The molecule has 1 atom stereocenters. The second-order valence-corrected chi connectivity index (χ2v) is 2.92. The second kappa shape index (κ2) is 3.43. The zero-order valence-corrected chi connectivity index (χ0v) is 7.40. The van der Waals surface area contributed by atoms with Crippen molar-refractivity contribution in [2.24, 2.45) is 0 Å². The SMILES string of the molecule is Cc1cc(C(C)C(=O)O)oc(=O)c1. The third kappa shape index (κ3) is 2.18. The van der Waals surface area contributed by atoms with Crippen LogP contribution < -0.4 is 5.63 Å². The van der Waals surface area contributed by atoms with E-state index in [2.05, 4.69) is 0 Å². The monoisotopic (exact) mass is 182 g/mol. The first-order chi connectivity index (χ1) is 6.00. The number of hydrogen-bond donors (Lipinski definition) is 1. The van der Waals surface area contributed by atoms with Gasteiger partial charge in [0.15, 0.2) is 0 Å². The van der Waals surface area contributed by atoms with Gasteiger partial charge < -0.3 is 9.52 Å². The molecule has 0 fully saturated rings. The smallest absolute Gasteiger partial charge is 0.336 e. The average molecular weight is 182 g/mol. The highest BCUT2D eigenvalue weighted by Crippen LogP contribution is 2.14. The second-order valence-electron chi connectivity index (χ2n) is 2.92. The maximum Gasteiger partial charge on any atom is 0.336 e. The van der Waals surface area contributed by atoms with E-state index in [0.29, 0.717) is 5.56 Å². The van der Waals surface area contributed by atoms with Gasteiger partial charge >= 0.3 is 11.6 Å². The van der Waals surface area contributed by atoms with Gasteiger partial charge in [0.05, 0.1) is 0 Å². The van der Waals surface area contributed by atoms with Gasteiger partial charge in [-0.2, -0.15) is 0 Å². The van der Waals surface area contributed by atoms with Crippen LogP contribution in [0.3, 0.4) is 0 Å². The Bertz CT molecular complexity index is 377. The van der Waals surface area contributed by atoms with E-state index in [9.17, 15) is 9.59 Å². The molecule has 4 heteroatoms. The van der Waals surface area contributed by atoms with Gasteiger partial charge in [0.1, 0.15) is 11.7 Å². The van der Waals surface area contributed by atoms with Crippen LogP contribution in [0.25, 0.3) is 0 Å². The molecule has 0 bridgehead atoms. The van der Waals surface area contributed by atoms with Crippen LogP contribution in [0.2, 0.25) is 0 Å². The predicted molar refractivity (Wildman–Crippen MR) is 45.8 cm³/mol. The van der Waals surface area contributed by atoms with Crippen molar-refractivity contribution >= 4 is 5.97 Å². The lowest BCUT2D eigenvalue weighted by molar-refractivity contribution is -0.138. The van der Waals surface area contributed by atoms with Gasteiger partial charge in [0, 0.05) is 6.07 Å². The van der Waals surface area contributed by atoms with Crippen LogP contribution in [-0.2, 0) is 4.79 Å². The van der Waals surface area contributed by atoms with Crippen molar-refractivity contribution in [1.29, 1.82) is 0 Å². The van der Waals surface area contributed by atoms with E-state index >= 15 is 0 Å². The number of carboxylic acid groups (broad SMARTS) is 1. The molecule has 1 heterocycles. The Morgan fingerprint density at radius 1 is 1.54 bits per heavy atom. The predicted octanol–water partition coefficient (Wildman–Crippen LogP) is 1.14. The highest BCUT2D eigenvalue weighted by atomic mass is 16.4. The molecule has 1 N–H and O–H groups in total. The minimum Gasteiger partial charge on any atom is -0.481 e. The molecule has 0 aliphatic rings. The number of rotatable bonds is 2. The van der Waals surface area contributed by atoms with Gasteiger partial charge in [-0.05, 0) is 25.5 Å². The summed E-state index contributed by atoms with van der Waals surface area (Å²) in [6, 6.07) is 2.87. The first-order valence-corrected chi connectivity index (χ1v) is 3.85. The van der Waals surface area contributed by atoms with E-state index in [1.54, 1.807) is 13.0 Å². The zero-order chi connectivity index (χ0) is 10.0. The van der Waals surface area contributed by atoms with Crippen LogP contribution in [0.5, 0.6) is 0 Å². The van der Waals surface area contributed by atoms with E-state index < -0.39 is 17.5 Å². The van der Waals surface area contributed by atoms with Crippen molar-refractivity contribution in [3.05, 3.63) is 33.9 Å². The van der Waals surface area contributed by atoms with E-state index in [-0.39, 0.29) is 5.76 Å². The van der Waals surface area contributed by atoms with E-state index in [0.717, 1.165) is 0 Å². The fourth-order valence-electron chi connectivity index (χ4n) is 0.962. The Hall–Kier alpha value is -1.58. The molecule has 4 nitrogen and oxygen atoms in total. The maximum absolute atomic E-state index is 10.9. The molecule has 0 spiro atoms. The largest absolute Gasteiger partial charge is 0.481 e. The van der Waals surface area contributed by atoms with E-state index in [1.807, 2.05) is 0 Å².